The third kappa shape index (κ3) is 6.20. The predicted molar refractivity (Wildman–Crippen MR) is 119 cm³/mol. The van der Waals surface area contributed by atoms with E-state index in [0.717, 1.165) is 49.6 Å². The number of carbonyl (C=O) groups excluding carboxylic acids is 1. The number of hydrogen-bond acceptors (Lipinski definition) is 3. The average Bonchev–Trinajstić information content (AvgIpc) is 2.73. The minimum atomic E-state index is 0.0701. The summed E-state index contributed by atoms with van der Waals surface area (Å²) in [7, 11) is 0. The summed E-state index contributed by atoms with van der Waals surface area (Å²) >= 11 is 0. The minimum absolute atomic E-state index is 0.0701. The molecule has 0 bridgehead atoms. The molecule has 3 rings (SSSR count). The van der Waals surface area contributed by atoms with Gasteiger partial charge in [-0.2, -0.15) is 0 Å². The summed E-state index contributed by atoms with van der Waals surface area (Å²) in [6.45, 7) is 10.7. The van der Waals surface area contributed by atoms with Crippen LogP contribution in [0.1, 0.15) is 36.5 Å². The van der Waals surface area contributed by atoms with Gasteiger partial charge >= 0.3 is 0 Å². The fourth-order valence-corrected chi connectivity index (χ4v) is 3.56. The molecule has 29 heavy (non-hydrogen) atoms. The van der Waals surface area contributed by atoms with Crippen LogP contribution in [0.25, 0.3) is 6.08 Å². The van der Waals surface area contributed by atoms with Crippen molar-refractivity contribution in [3.05, 3.63) is 71.3 Å². The highest BCUT2D eigenvalue weighted by Crippen LogP contribution is 2.27. The maximum atomic E-state index is 12.6. The molecule has 1 amide bonds. The van der Waals surface area contributed by atoms with Crippen LogP contribution in [0.15, 0.2) is 54.6 Å². The second-order valence-corrected chi connectivity index (χ2v) is 7.98. The molecule has 1 aliphatic rings. The van der Waals surface area contributed by atoms with Crippen molar-refractivity contribution in [2.75, 3.05) is 39.3 Å². The predicted octanol–water partition coefficient (Wildman–Crippen LogP) is 4.35. The molecule has 154 valence electrons. The maximum absolute atomic E-state index is 12.6. The molecule has 1 heterocycles. The van der Waals surface area contributed by atoms with Crippen LogP contribution in [-0.2, 0) is 4.79 Å². The molecule has 0 saturated carbocycles. The smallest absolute Gasteiger partial charge is 0.260 e. The van der Waals surface area contributed by atoms with Crippen LogP contribution in [0, 0.1) is 6.92 Å². The molecular formula is C25H32N2O2. The lowest BCUT2D eigenvalue weighted by Gasteiger charge is -2.34. The second-order valence-electron chi connectivity index (χ2n) is 7.98. The van der Waals surface area contributed by atoms with Gasteiger partial charge in [-0.1, -0.05) is 68.5 Å². The lowest BCUT2D eigenvalue weighted by atomic mass is 10.0. The van der Waals surface area contributed by atoms with Gasteiger partial charge in [-0.15, -0.1) is 0 Å². The van der Waals surface area contributed by atoms with E-state index in [2.05, 4.69) is 55.2 Å². The number of piperazine rings is 1. The molecule has 1 saturated heterocycles. The first-order valence-electron chi connectivity index (χ1n) is 10.5. The fourth-order valence-electron chi connectivity index (χ4n) is 3.56. The Bertz CT molecular complexity index is 822. The van der Waals surface area contributed by atoms with E-state index in [1.807, 2.05) is 36.1 Å². The van der Waals surface area contributed by atoms with Gasteiger partial charge in [-0.05, 0) is 35.6 Å². The maximum Gasteiger partial charge on any atom is 0.260 e. The molecule has 0 aromatic heterocycles. The molecule has 4 heteroatoms. The number of aryl methyl sites for hydroxylation is 1. The zero-order chi connectivity index (χ0) is 20.6. The Balaban J connectivity index is 1.44. The molecule has 1 aliphatic heterocycles. The number of rotatable bonds is 7. The number of carbonyl (C=O) groups is 1. The highest BCUT2D eigenvalue weighted by molar-refractivity contribution is 5.78. The molecule has 0 N–H and O–H groups in total. The topological polar surface area (TPSA) is 32.8 Å². The number of hydrogen-bond donors (Lipinski definition) is 0. The quantitative estimate of drug-likeness (QED) is 0.702. The number of amides is 1. The second kappa shape index (κ2) is 10.3. The molecule has 0 aliphatic carbocycles. The Kier molecular flexibility index (Phi) is 7.48. The lowest BCUT2D eigenvalue weighted by molar-refractivity contribution is -0.135. The monoisotopic (exact) mass is 392 g/mol. The molecule has 2 aromatic rings. The van der Waals surface area contributed by atoms with Crippen LogP contribution in [0.4, 0.5) is 0 Å². The Hall–Kier alpha value is -2.59. The minimum Gasteiger partial charge on any atom is -0.483 e. The molecule has 0 atom stereocenters. The first-order valence-corrected chi connectivity index (χ1v) is 10.5. The van der Waals surface area contributed by atoms with Crippen LogP contribution in [-0.4, -0.2) is 55.0 Å². The van der Waals surface area contributed by atoms with E-state index in [4.69, 9.17) is 4.74 Å². The van der Waals surface area contributed by atoms with E-state index in [0.29, 0.717) is 5.92 Å². The molecule has 0 spiro atoms. The Morgan fingerprint density at radius 1 is 1.07 bits per heavy atom. The summed E-state index contributed by atoms with van der Waals surface area (Å²) in [4.78, 5) is 16.9. The van der Waals surface area contributed by atoms with E-state index in [-0.39, 0.29) is 12.5 Å². The first kappa shape index (κ1) is 21.1. The lowest BCUT2D eigenvalue weighted by Crippen LogP contribution is -2.49. The third-order valence-corrected chi connectivity index (χ3v) is 5.34. The summed E-state index contributed by atoms with van der Waals surface area (Å²) in [5, 5.41) is 0. The zero-order valence-corrected chi connectivity index (χ0v) is 17.8. The van der Waals surface area contributed by atoms with Gasteiger partial charge in [-0.3, -0.25) is 9.69 Å². The highest BCUT2D eigenvalue weighted by Gasteiger charge is 2.21. The van der Waals surface area contributed by atoms with Crippen LogP contribution in [0.3, 0.4) is 0 Å². The Labute approximate surface area is 174 Å². The fraction of sp³-hybridized carbons (Fsp3) is 0.400. The van der Waals surface area contributed by atoms with Gasteiger partial charge in [-0.25, -0.2) is 0 Å². The van der Waals surface area contributed by atoms with Crippen LogP contribution in [0.2, 0.25) is 0 Å². The number of ether oxygens (including phenoxy) is 1. The number of nitrogens with zero attached hydrogens (tertiary/aromatic N) is 2. The van der Waals surface area contributed by atoms with Crippen molar-refractivity contribution in [2.45, 2.75) is 26.7 Å². The molecular weight excluding hydrogens is 360 g/mol. The summed E-state index contributed by atoms with van der Waals surface area (Å²) in [6, 6.07) is 16.6. The van der Waals surface area contributed by atoms with Crippen LogP contribution >= 0.6 is 0 Å². The van der Waals surface area contributed by atoms with Crippen molar-refractivity contribution < 1.29 is 9.53 Å². The van der Waals surface area contributed by atoms with Crippen molar-refractivity contribution in [3.63, 3.8) is 0 Å². The van der Waals surface area contributed by atoms with Gasteiger partial charge in [0.15, 0.2) is 6.61 Å². The summed E-state index contributed by atoms with van der Waals surface area (Å²) in [5.41, 5.74) is 3.52. The van der Waals surface area contributed by atoms with Gasteiger partial charge in [0.05, 0.1) is 0 Å². The van der Waals surface area contributed by atoms with Crippen molar-refractivity contribution in [2.24, 2.45) is 0 Å². The standard InChI is InChI=1S/C25H32N2O2/c1-20(2)23-12-11-21(3)18-24(23)29-19-25(28)27-16-14-26(15-17-27)13-7-10-22-8-5-4-6-9-22/h4-12,18,20H,13-17,19H2,1-3H3/b10-7+. The van der Waals surface area contributed by atoms with Gasteiger partial charge in [0.25, 0.3) is 5.91 Å². The van der Waals surface area contributed by atoms with Crippen LogP contribution in [0.5, 0.6) is 5.75 Å². The van der Waals surface area contributed by atoms with Gasteiger partial charge in [0.2, 0.25) is 0 Å². The van der Waals surface area contributed by atoms with Crippen molar-refractivity contribution in [3.8, 4) is 5.75 Å². The summed E-state index contributed by atoms with van der Waals surface area (Å²) in [6.07, 6.45) is 4.35. The van der Waals surface area contributed by atoms with E-state index < -0.39 is 0 Å². The third-order valence-electron chi connectivity index (χ3n) is 5.34. The Morgan fingerprint density at radius 2 is 1.79 bits per heavy atom. The van der Waals surface area contributed by atoms with E-state index in [9.17, 15) is 4.79 Å². The van der Waals surface area contributed by atoms with E-state index >= 15 is 0 Å². The largest absolute Gasteiger partial charge is 0.483 e. The highest BCUT2D eigenvalue weighted by atomic mass is 16.5. The summed E-state index contributed by atoms with van der Waals surface area (Å²) in [5.74, 6) is 1.27. The molecule has 1 fully saturated rings. The van der Waals surface area contributed by atoms with Gasteiger partial charge < -0.3 is 9.64 Å². The van der Waals surface area contributed by atoms with E-state index in [1.165, 1.54) is 5.56 Å². The van der Waals surface area contributed by atoms with Crippen molar-refractivity contribution in [1.82, 2.24) is 9.80 Å². The van der Waals surface area contributed by atoms with Gasteiger partial charge in [0, 0.05) is 32.7 Å². The van der Waals surface area contributed by atoms with Crippen LogP contribution < -0.4 is 4.74 Å². The molecule has 4 nitrogen and oxygen atoms in total. The normalized spacial score (nSPS) is 15.2. The first-order chi connectivity index (χ1) is 14.0. The molecule has 0 unspecified atom stereocenters. The zero-order valence-electron chi connectivity index (χ0n) is 17.8. The average molecular weight is 393 g/mol. The molecule has 0 radical (unpaired) electrons. The number of benzene rings is 2. The Morgan fingerprint density at radius 3 is 2.48 bits per heavy atom. The van der Waals surface area contributed by atoms with Crippen molar-refractivity contribution in [1.29, 1.82) is 0 Å². The summed E-state index contributed by atoms with van der Waals surface area (Å²) < 4.78 is 5.92. The van der Waals surface area contributed by atoms with Crippen molar-refractivity contribution >= 4 is 12.0 Å². The van der Waals surface area contributed by atoms with Gasteiger partial charge in [0.1, 0.15) is 5.75 Å². The molecule has 2 aromatic carbocycles. The van der Waals surface area contributed by atoms with E-state index in [1.54, 1.807) is 0 Å². The SMILES string of the molecule is Cc1ccc(C(C)C)c(OCC(=O)N2CCN(C/C=C/c3ccccc3)CC2)c1.